The van der Waals surface area contributed by atoms with Gasteiger partial charge >= 0.3 is 6.03 Å². The van der Waals surface area contributed by atoms with Gasteiger partial charge in [0.15, 0.2) is 0 Å². The lowest BCUT2D eigenvalue weighted by Crippen LogP contribution is -2.43. The third-order valence-corrected chi connectivity index (χ3v) is 4.14. The van der Waals surface area contributed by atoms with Gasteiger partial charge in [-0.1, -0.05) is 0 Å². The summed E-state index contributed by atoms with van der Waals surface area (Å²) in [7, 11) is 3.83. The molecule has 0 fully saturated rings. The summed E-state index contributed by atoms with van der Waals surface area (Å²) < 4.78 is 0. The van der Waals surface area contributed by atoms with Crippen LogP contribution in [0.5, 0.6) is 0 Å². The van der Waals surface area contributed by atoms with Gasteiger partial charge < -0.3 is 20.6 Å². The zero-order valence-electron chi connectivity index (χ0n) is 13.5. The summed E-state index contributed by atoms with van der Waals surface area (Å²) in [5.41, 5.74) is 0.683. The molecule has 0 bridgehead atoms. The number of aliphatic hydroxyl groups is 1. The molecular weight excluding hydrogens is 312 g/mol. The first kappa shape index (κ1) is 17.2. The molecule has 7 heteroatoms. The van der Waals surface area contributed by atoms with E-state index in [1.165, 1.54) is 11.3 Å². The molecular formula is C16H22N4O2S. The van der Waals surface area contributed by atoms with Crippen LogP contribution >= 0.6 is 11.3 Å². The predicted octanol–water partition coefficient (Wildman–Crippen LogP) is 1.92. The van der Waals surface area contributed by atoms with E-state index in [1.54, 1.807) is 13.1 Å². The Morgan fingerprint density at radius 2 is 2.17 bits per heavy atom. The third-order valence-electron chi connectivity index (χ3n) is 3.46. The van der Waals surface area contributed by atoms with Crippen molar-refractivity contribution in [2.75, 3.05) is 25.5 Å². The number of urea groups is 1. The summed E-state index contributed by atoms with van der Waals surface area (Å²) in [6.45, 7) is 2.23. The van der Waals surface area contributed by atoms with Gasteiger partial charge in [-0.2, -0.15) is 11.3 Å². The fourth-order valence-corrected chi connectivity index (χ4v) is 2.77. The number of hydrogen-bond donors (Lipinski definition) is 3. The van der Waals surface area contributed by atoms with Crippen molar-refractivity contribution in [2.24, 2.45) is 0 Å². The monoisotopic (exact) mass is 334 g/mol. The maximum Gasteiger partial charge on any atom is 0.315 e. The van der Waals surface area contributed by atoms with E-state index in [2.05, 4.69) is 15.6 Å². The highest BCUT2D eigenvalue weighted by Crippen LogP contribution is 2.21. The fourth-order valence-electron chi connectivity index (χ4n) is 1.99. The molecule has 1 unspecified atom stereocenters. The van der Waals surface area contributed by atoms with Crippen LogP contribution in [0.15, 0.2) is 35.2 Å². The van der Waals surface area contributed by atoms with E-state index in [9.17, 15) is 9.90 Å². The van der Waals surface area contributed by atoms with Gasteiger partial charge in [-0.25, -0.2) is 9.78 Å². The molecule has 0 aliphatic rings. The smallest absolute Gasteiger partial charge is 0.315 e. The second-order valence-electron chi connectivity index (χ2n) is 5.74. The van der Waals surface area contributed by atoms with Crippen LogP contribution in [0.3, 0.4) is 0 Å². The zero-order chi connectivity index (χ0) is 16.9. The molecule has 2 heterocycles. The lowest BCUT2D eigenvalue weighted by atomic mass is 9.99. The summed E-state index contributed by atoms with van der Waals surface area (Å²) in [4.78, 5) is 18.0. The van der Waals surface area contributed by atoms with E-state index in [4.69, 9.17) is 0 Å². The number of thiophene rings is 1. The Labute approximate surface area is 140 Å². The van der Waals surface area contributed by atoms with Crippen LogP contribution in [0.25, 0.3) is 0 Å². The maximum atomic E-state index is 11.9. The minimum Gasteiger partial charge on any atom is -0.384 e. The van der Waals surface area contributed by atoms with Gasteiger partial charge in [0.25, 0.3) is 0 Å². The van der Waals surface area contributed by atoms with Crippen LogP contribution in [0, 0.1) is 0 Å². The van der Waals surface area contributed by atoms with E-state index in [0.29, 0.717) is 6.54 Å². The highest BCUT2D eigenvalue weighted by molar-refractivity contribution is 7.08. The molecule has 0 aliphatic heterocycles. The fraction of sp³-hybridized carbons (Fsp3) is 0.375. The van der Waals surface area contributed by atoms with Crippen molar-refractivity contribution in [3.8, 4) is 0 Å². The summed E-state index contributed by atoms with van der Waals surface area (Å²) >= 11 is 1.51. The number of hydrogen-bond acceptors (Lipinski definition) is 5. The van der Waals surface area contributed by atoms with Gasteiger partial charge in [-0.05, 0) is 47.0 Å². The van der Waals surface area contributed by atoms with Gasteiger partial charge in [0.1, 0.15) is 11.4 Å². The Hall–Kier alpha value is -2.12. The molecule has 3 N–H and O–H groups in total. The minimum atomic E-state index is -1.08. The van der Waals surface area contributed by atoms with Crippen LogP contribution < -0.4 is 15.5 Å². The number of aromatic nitrogens is 1. The first-order valence-electron chi connectivity index (χ1n) is 7.27. The highest BCUT2D eigenvalue weighted by Gasteiger charge is 2.24. The lowest BCUT2D eigenvalue weighted by Gasteiger charge is -2.23. The highest BCUT2D eigenvalue weighted by atomic mass is 32.1. The van der Waals surface area contributed by atoms with Crippen molar-refractivity contribution >= 4 is 23.2 Å². The van der Waals surface area contributed by atoms with Crippen molar-refractivity contribution in [3.63, 3.8) is 0 Å². The second kappa shape index (κ2) is 7.43. The van der Waals surface area contributed by atoms with Crippen molar-refractivity contribution in [2.45, 2.75) is 19.1 Å². The van der Waals surface area contributed by atoms with E-state index in [-0.39, 0.29) is 12.6 Å². The van der Waals surface area contributed by atoms with Crippen molar-refractivity contribution in [1.82, 2.24) is 15.6 Å². The molecule has 23 heavy (non-hydrogen) atoms. The number of amides is 2. The number of nitrogens with zero attached hydrogens (tertiary/aromatic N) is 2. The number of pyridine rings is 1. The molecule has 0 saturated carbocycles. The van der Waals surface area contributed by atoms with Gasteiger partial charge in [-0.3, -0.25) is 0 Å². The summed E-state index contributed by atoms with van der Waals surface area (Å²) in [6.07, 6.45) is 1.71. The average Bonchev–Trinajstić information content (AvgIpc) is 3.06. The zero-order valence-corrected chi connectivity index (χ0v) is 14.4. The molecule has 2 rings (SSSR count). The van der Waals surface area contributed by atoms with Crippen LogP contribution in [0.1, 0.15) is 18.1 Å². The molecule has 2 aromatic rings. The van der Waals surface area contributed by atoms with Crippen molar-refractivity contribution < 1.29 is 9.90 Å². The number of carbonyl (C=O) groups excluding carboxylic acids is 1. The lowest BCUT2D eigenvalue weighted by molar-refractivity contribution is 0.0598. The van der Waals surface area contributed by atoms with Gasteiger partial charge in [0.2, 0.25) is 0 Å². The first-order valence-corrected chi connectivity index (χ1v) is 8.22. The summed E-state index contributed by atoms with van der Waals surface area (Å²) in [6, 6.07) is 5.31. The number of anilines is 1. The van der Waals surface area contributed by atoms with E-state index in [0.717, 1.165) is 16.9 Å². The molecule has 0 radical (unpaired) electrons. The Morgan fingerprint density at radius 1 is 1.39 bits per heavy atom. The molecule has 1 atom stereocenters. The summed E-state index contributed by atoms with van der Waals surface area (Å²) in [5.74, 6) is 0.838. The van der Waals surface area contributed by atoms with E-state index in [1.807, 2.05) is 48.0 Å². The Balaban J connectivity index is 1.82. The number of rotatable bonds is 6. The molecule has 6 nitrogen and oxygen atoms in total. The third kappa shape index (κ3) is 4.94. The number of carbonyl (C=O) groups is 1. The molecule has 0 aliphatic carbocycles. The predicted molar refractivity (Wildman–Crippen MR) is 92.7 cm³/mol. The van der Waals surface area contributed by atoms with Gasteiger partial charge in [0, 0.05) is 26.8 Å². The van der Waals surface area contributed by atoms with Gasteiger partial charge in [-0.15, -0.1) is 0 Å². The standard InChI is InChI=1S/C16H22N4O2S/c1-16(22,13-5-7-23-10-13)11-19-15(21)18-9-12-4-6-17-14(8-12)20(2)3/h4-8,10,22H,9,11H2,1-3H3,(H2,18,19,21). The van der Waals surface area contributed by atoms with Crippen molar-refractivity contribution in [3.05, 3.63) is 46.3 Å². The van der Waals surface area contributed by atoms with Crippen LogP contribution in [-0.4, -0.2) is 36.8 Å². The maximum absolute atomic E-state index is 11.9. The van der Waals surface area contributed by atoms with Crippen LogP contribution in [0.4, 0.5) is 10.6 Å². The minimum absolute atomic E-state index is 0.148. The van der Waals surface area contributed by atoms with E-state index >= 15 is 0 Å². The largest absolute Gasteiger partial charge is 0.384 e. The Bertz CT molecular complexity index is 641. The van der Waals surface area contributed by atoms with E-state index < -0.39 is 5.60 Å². The number of nitrogens with one attached hydrogen (secondary N) is 2. The van der Waals surface area contributed by atoms with Gasteiger partial charge in [0.05, 0.1) is 6.54 Å². The molecule has 0 aromatic carbocycles. The Morgan fingerprint density at radius 3 is 2.83 bits per heavy atom. The summed E-state index contributed by atoms with van der Waals surface area (Å²) in [5, 5.41) is 19.6. The average molecular weight is 334 g/mol. The topological polar surface area (TPSA) is 77.5 Å². The van der Waals surface area contributed by atoms with Crippen LogP contribution in [-0.2, 0) is 12.1 Å². The molecule has 0 saturated heterocycles. The molecule has 124 valence electrons. The Kier molecular flexibility index (Phi) is 5.57. The first-order chi connectivity index (χ1) is 10.9. The quantitative estimate of drug-likeness (QED) is 0.754. The second-order valence-corrected chi connectivity index (χ2v) is 6.52. The normalized spacial score (nSPS) is 13.2. The van der Waals surface area contributed by atoms with Crippen molar-refractivity contribution in [1.29, 1.82) is 0 Å². The van der Waals surface area contributed by atoms with Crippen LogP contribution in [0.2, 0.25) is 0 Å². The molecule has 0 spiro atoms. The molecule has 2 aromatic heterocycles. The molecule has 2 amide bonds. The SMILES string of the molecule is CN(C)c1cc(CNC(=O)NCC(C)(O)c2ccsc2)ccn1.